The molecule has 0 radical (unpaired) electrons. The minimum atomic E-state index is -1.41. The van der Waals surface area contributed by atoms with Crippen molar-refractivity contribution in [3.05, 3.63) is 35.9 Å². The molecule has 1 saturated heterocycles. The van der Waals surface area contributed by atoms with Crippen molar-refractivity contribution in [3.63, 3.8) is 0 Å². The molecule has 1 fully saturated rings. The Hall–Kier alpha value is -1.91. The summed E-state index contributed by atoms with van der Waals surface area (Å²) in [6.45, 7) is 0.544. The number of hydrogen-bond donors (Lipinski definition) is 0. The second-order valence-corrected chi connectivity index (χ2v) is 3.89. The zero-order valence-corrected chi connectivity index (χ0v) is 9.25. The van der Waals surface area contributed by atoms with Crippen molar-refractivity contribution in [1.82, 2.24) is 9.80 Å². The van der Waals surface area contributed by atoms with Crippen LogP contribution in [0.5, 0.6) is 0 Å². The van der Waals surface area contributed by atoms with Gasteiger partial charge in [-0.05, 0) is 12.1 Å². The lowest BCUT2D eigenvalue weighted by Gasteiger charge is -2.35. The van der Waals surface area contributed by atoms with Gasteiger partial charge in [-0.2, -0.15) is 0 Å². The lowest BCUT2D eigenvalue weighted by molar-refractivity contribution is -0.126. The molecule has 2 rings (SSSR count). The predicted octanol–water partition coefficient (Wildman–Crippen LogP) is 0.896. The van der Waals surface area contributed by atoms with Crippen molar-refractivity contribution in [2.24, 2.45) is 0 Å². The van der Waals surface area contributed by atoms with E-state index < -0.39 is 6.30 Å². The van der Waals surface area contributed by atoms with Crippen molar-refractivity contribution < 1.29 is 14.0 Å². The lowest BCUT2D eigenvalue weighted by atomic mass is 10.2. The maximum absolute atomic E-state index is 13.5. The first-order valence-electron chi connectivity index (χ1n) is 5.42. The minimum Gasteiger partial charge on any atom is -0.332 e. The third-order valence-electron chi connectivity index (χ3n) is 2.80. The number of carbonyl (C=O) groups excluding carboxylic acids is 2. The summed E-state index contributed by atoms with van der Waals surface area (Å²) in [6, 6.07) is 8.74. The molecule has 1 aliphatic rings. The van der Waals surface area contributed by atoms with Crippen LogP contribution in [0.1, 0.15) is 10.4 Å². The minimum absolute atomic E-state index is 0.0630. The molecule has 17 heavy (non-hydrogen) atoms. The van der Waals surface area contributed by atoms with Crippen LogP contribution in [0.15, 0.2) is 30.3 Å². The molecule has 2 amide bonds. The van der Waals surface area contributed by atoms with E-state index in [-0.39, 0.29) is 19.0 Å². The number of hydrogen-bond acceptors (Lipinski definition) is 2. The van der Waals surface area contributed by atoms with E-state index in [1.54, 1.807) is 24.3 Å². The highest BCUT2D eigenvalue weighted by atomic mass is 19.1. The van der Waals surface area contributed by atoms with E-state index in [4.69, 9.17) is 0 Å². The maximum atomic E-state index is 13.5. The Morgan fingerprint density at radius 2 is 2.00 bits per heavy atom. The van der Waals surface area contributed by atoms with E-state index >= 15 is 0 Å². The third kappa shape index (κ3) is 2.43. The zero-order valence-electron chi connectivity index (χ0n) is 9.25. The Morgan fingerprint density at radius 1 is 1.29 bits per heavy atom. The van der Waals surface area contributed by atoms with Gasteiger partial charge in [0.25, 0.3) is 5.91 Å². The molecule has 0 bridgehead atoms. The van der Waals surface area contributed by atoms with E-state index in [1.807, 2.05) is 6.07 Å². The van der Waals surface area contributed by atoms with Crippen molar-refractivity contribution in [3.8, 4) is 0 Å². The van der Waals surface area contributed by atoms with Gasteiger partial charge in [-0.15, -0.1) is 0 Å². The Labute approximate surface area is 98.6 Å². The van der Waals surface area contributed by atoms with Gasteiger partial charge in [-0.3, -0.25) is 9.59 Å². The summed E-state index contributed by atoms with van der Waals surface area (Å²) in [7, 11) is 0. The van der Waals surface area contributed by atoms with Gasteiger partial charge in [-0.25, -0.2) is 4.39 Å². The highest BCUT2D eigenvalue weighted by Crippen LogP contribution is 2.12. The van der Waals surface area contributed by atoms with Gasteiger partial charge in [0, 0.05) is 18.7 Å². The molecule has 0 saturated carbocycles. The maximum Gasteiger partial charge on any atom is 0.254 e. The van der Waals surface area contributed by atoms with Gasteiger partial charge >= 0.3 is 0 Å². The molecule has 4 nitrogen and oxygen atoms in total. The third-order valence-corrected chi connectivity index (χ3v) is 2.80. The van der Waals surface area contributed by atoms with E-state index in [9.17, 15) is 14.0 Å². The van der Waals surface area contributed by atoms with Crippen LogP contribution in [-0.2, 0) is 4.79 Å². The summed E-state index contributed by atoms with van der Waals surface area (Å²) in [6.07, 6.45) is -0.927. The summed E-state index contributed by atoms with van der Waals surface area (Å²) < 4.78 is 13.5. The number of halogens is 1. The highest BCUT2D eigenvalue weighted by Gasteiger charge is 2.28. The van der Waals surface area contributed by atoms with Gasteiger partial charge in [0.05, 0.1) is 6.54 Å². The molecule has 0 spiro atoms. The van der Waals surface area contributed by atoms with Gasteiger partial charge in [0.2, 0.25) is 6.41 Å². The van der Waals surface area contributed by atoms with Crippen LogP contribution < -0.4 is 0 Å². The largest absolute Gasteiger partial charge is 0.332 e. The number of amides is 2. The van der Waals surface area contributed by atoms with Crippen molar-refractivity contribution >= 4 is 12.3 Å². The normalized spacial score (nSPS) is 20.2. The molecular formula is C12H13FN2O2. The molecule has 1 atom stereocenters. The molecule has 1 heterocycles. The van der Waals surface area contributed by atoms with Gasteiger partial charge < -0.3 is 9.80 Å². The number of alkyl halides is 1. The Morgan fingerprint density at radius 3 is 2.59 bits per heavy atom. The smallest absolute Gasteiger partial charge is 0.254 e. The number of carbonyl (C=O) groups is 2. The molecule has 0 aromatic heterocycles. The Balaban J connectivity index is 2.05. The lowest BCUT2D eigenvalue weighted by Crippen LogP contribution is -2.52. The standard InChI is InChI=1S/C12H13FN2O2/c13-11-8-14(6-7-15(11)9-16)12(17)10-4-2-1-3-5-10/h1-5,9,11H,6-8H2. The fourth-order valence-corrected chi connectivity index (χ4v) is 1.82. The predicted molar refractivity (Wildman–Crippen MR) is 60.0 cm³/mol. The summed E-state index contributed by atoms with van der Waals surface area (Å²) in [5.74, 6) is -0.196. The average molecular weight is 236 g/mol. The van der Waals surface area contributed by atoms with Gasteiger partial charge in [0.1, 0.15) is 0 Å². The molecular weight excluding hydrogens is 223 g/mol. The fourth-order valence-electron chi connectivity index (χ4n) is 1.82. The molecule has 90 valence electrons. The second kappa shape index (κ2) is 4.95. The van der Waals surface area contributed by atoms with Crippen LogP contribution in [0.3, 0.4) is 0 Å². The molecule has 1 aromatic rings. The van der Waals surface area contributed by atoms with Crippen molar-refractivity contribution in [2.45, 2.75) is 6.30 Å². The molecule has 1 unspecified atom stereocenters. The number of nitrogens with zero attached hydrogens (tertiary/aromatic N) is 2. The quantitative estimate of drug-likeness (QED) is 0.565. The molecule has 1 aromatic carbocycles. The highest BCUT2D eigenvalue weighted by molar-refractivity contribution is 5.94. The van der Waals surface area contributed by atoms with Gasteiger partial charge in [-0.1, -0.05) is 18.2 Å². The Bertz CT molecular complexity index is 410. The zero-order chi connectivity index (χ0) is 12.3. The molecule has 0 N–H and O–H groups in total. The van der Waals surface area contributed by atoms with Crippen molar-refractivity contribution in [1.29, 1.82) is 0 Å². The SMILES string of the molecule is O=CN1CCN(C(=O)c2ccccc2)CC1F. The Kier molecular flexibility index (Phi) is 3.37. The monoisotopic (exact) mass is 236 g/mol. The van der Waals surface area contributed by atoms with Crippen LogP contribution >= 0.6 is 0 Å². The van der Waals surface area contributed by atoms with Crippen LogP contribution in [-0.4, -0.2) is 48.0 Å². The fraction of sp³-hybridized carbons (Fsp3) is 0.333. The van der Waals surface area contributed by atoms with Crippen molar-refractivity contribution in [2.75, 3.05) is 19.6 Å². The van der Waals surface area contributed by atoms with Crippen LogP contribution in [0.25, 0.3) is 0 Å². The summed E-state index contributed by atoms with van der Waals surface area (Å²) >= 11 is 0. The van der Waals surface area contributed by atoms with E-state index in [0.717, 1.165) is 4.90 Å². The van der Waals surface area contributed by atoms with Crippen LogP contribution in [0.2, 0.25) is 0 Å². The molecule has 5 heteroatoms. The first-order chi connectivity index (χ1) is 8.22. The molecule has 1 aliphatic heterocycles. The summed E-state index contributed by atoms with van der Waals surface area (Å²) in [4.78, 5) is 25.0. The first-order valence-corrected chi connectivity index (χ1v) is 5.42. The number of piperazine rings is 1. The van der Waals surface area contributed by atoms with E-state index in [0.29, 0.717) is 18.5 Å². The van der Waals surface area contributed by atoms with Crippen LogP contribution in [0, 0.1) is 0 Å². The number of rotatable bonds is 2. The first kappa shape index (κ1) is 11.6. The molecule has 0 aliphatic carbocycles. The van der Waals surface area contributed by atoms with Gasteiger partial charge in [0.15, 0.2) is 6.30 Å². The number of benzene rings is 1. The second-order valence-electron chi connectivity index (χ2n) is 3.89. The summed E-state index contributed by atoms with van der Waals surface area (Å²) in [5.41, 5.74) is 0.541. The van der Waals surface area contributed by atoms with E-state index in [2.05, 4.69) is 0 Å². The topological polar surface area (TPSA) is 40.6 Å². The van der Waals surface area contributed by atoms with E-state index in [1.165, 1.54) is 4.90 Å². The average Bonchev–Trinajstić information content (AvgIpc) is 2.39. The summed E-state index contributed by atoms with van der Waals surface area (Å²) in [5, 5.41) is 0. The van der Waals surface area contributed by atoms with Crippen LogP contribution in [0.4, 0.5) is 4.39 Å².